The maximum Gasteiger partial charge on any atom is 0.407 e. The molecule has 4 amide bonds. The Morgan fingerprint density at radius 1 is 0.884 bits per heavy atom. The van der Waals surface area contributed by atoms with Crippen LogP contribution in [0, 0.1) is 17.8 Å². The summed E-state index contributed by atoms with van der Waals surface area (Å²) >= 11 is 0. The van der Waals surface area contributed by atoms with Gasteiger partial charge in [-0.2, -0.15) is 0 Å². The van der Waals surface area contributed by atoms with Gasteiger partial charge >= 0.3 is 12.2 Å². The van der Waals surface area contributed by atoms with Gasteiger partial charge in [0.15, 0.2) is 0 Å². The fourth-order valence-corrected chi connectivity index (χ4v) is 4.86. The summed E-state index contributed by atoms with van der Waals surface area (Å²) < 4.78 is 14.9. The number of aliphatic hydroxyl groups excluding tert-OH is 1. The van der Waals surface area contributed by atoms with E-state index in [1.165, 1.54) is 14.2 Å². The summed E-state index contributed by atoms with van der Waals surface area (Å²) in [6.07, 6.45) is -0.628. The number of hydrogen-bond donors (Lipinski definition) is 5. The number of methoxy groups -OCH3 is 2. The van der Waals surface area contributed by atoms with E-state index >= 15 is 0 Å². The summed E-state index contributed by atoms with van der Waals surface area (Å²) in [7, 11) is 2.46. The number of amides is 4. The standard InChI is InChI=1S/C30H49N5O8/c1-19(2)24(32-29(39)41-5)27(37)31-26(22-10-8-7-9-11-22)23(36)12-15-35(18-21-13-16-43-17-14-21)34-28(38)25(20(3)4)33-30(40)42-6/h7-11,19-21,23-26,36H,12-18H2,1-6H3,(H,31,37)(H,32,39)(H,33,40)(H,34,38). The fourth-order valence-electron chi connectivity index (χ4n) is 4.86. The molecule has 1 heterocycles. The number of benzene rings is 1. The summed E-state index contributed by atoms with van der Waals surface area (Å²) in [6, 6.07) is 6.56. The topological polar surface area (TPSA) is 168 Å². The molecule has 1 aliphatic heterocycles. The second kappa shape index (κ2) is 18.3. The molecule has 43 heavy (non-hydrogen) atoms. The van der Waals surface area contributed by atoms with Crippen LogP contribution in [0.5, 0.6) is 0 Å². The van der Waals surface area contributed by atoms with Crippen LogP contribution >= 0.6 is 0 Å². The number of nitrogens with zero attached hydrogens (tertiary/aromatic N) is 1. The van der Waals surface area contributed by atoms with Crippen LogP contribution in [-0.4, -0.2) is 92.8 Å². The van der Waals surface area contributed by atoms with Crippen LogP contribution in [-0.2, 0) is 23.8 Å². The van der Waals surface area contributed by atoms with Crippen LogP contribution in [0.1, 0.15) is 58.6 Å². The van der Waals surface area contributed by atoms with E-state index in [1.807, 2.05) is 32.0 Å². The molecular formula is C30H49N5O8. The summed E-state index contributed by atoms with van der Waals surface area (Å²) in [6.45, 7) is 9.28. The summed E-state index contributed by atoms with van der Waals surface area (Å²) in [5.41, 5.74) is 3.62. The third-order valence-electron chi connectivity index (χ3n) is 7.44. The quantitative estimate of drug-likeness (QED) is 0.188. The van der Waals surface area contributed by atoms with Gasteiger partial charge in [-0.1, -0.05) is 58.0 Å². The minimum Gasteiger partial charge on any atom is -0.453 e. The van der Waals surface area contributed by atoms with Gasteiger partial charge in [-0.15, -0.1) is 0 Å². The number of hydrazine groups is 1. The number of aliphatic hydroxyl groups is 1. The number of alkyl carbamates (subject to hydrolysis) is 2. The Labute approximate surface area is 254 Å². The van der Waals surface area contributed by atoms with Crippen LogP contribution in [0.15, 0.2) is 30.3 Å². The highest BCUT2D eigenvalue weighted by Gasteiger charge is 2.31. The van der Waals surface area contributed by atoms with E-state index in [0.717, 1.165) is 12.8 Å². The van der Waals surface area contributed by atoms with Gasteiger partial charge in [-0.3, -0.25) is 15.0 Å². The van der Waals surface area contributed by atoms with Gasteiger partial charge in [0.1, 0.15) is 12.1 Å². The highest BCUT2D eigenvalue weighted by molar-refractivity contribution is 5.86. The van der Waals surface area contributed by atoms with Crippen molar-refractivity contribution in [2.24, 2.45) is 17.8 Å². The molecular weight excluding hydrogens is 558 g/mol. The van der Waals surface area contributed by atoms with E-state index in [2.05, 4.69) is 26.1 Å². The van der Waals surface area contributed by atoms with Crippen molar-refractivity contribution in [2.45, 2.75) is 71.2 Å². The number of ether oxygens (including phenoxy) is 3. The van der Waals surface area contributed by atoms with Gasteiger partial charge < -0.3 is 35.3 Å². The predicted molar refractivity (Wildman–Crippen MR) is 160 cm³/mol. The normalized spacial score (nSPS) is 16.6. The van der Waals surface area contributed by atoms with Gasteiger partial charge in [0.2, 0.25) is 5.91 Å². The number of hydrogen-bond acceptors (Lipinski definition) is 9. The predicted octanol–water partition coefficient (Wildman–Crippen LogP) is 2.12. The number of carbonyl (C=O) groups is 4. The Balaban J connectivity index is 2.22. The van der Waals surface area contributed by atoms with E-state index in [1.54, 1.807) is 31.0 Å². The van der Waals surface area contributed by atoms with Crippen molar-refractivity contribution in [1.29, 1.82) is 0 Å². The molecule has 13 nitrogen and oxygen atoms in total. The van der Waals surface area contributed by atoms with E-state index in [9.17, 15) is 24.3 Å². The molecule has 1 fully saturated rings. The summed E-state index contributed by atoms with van der Waals surface area (Å²) in [4.78, 5) is 50.3. The Morgan fingerprint density at radius 3 is 1.93 bits per heavy atom. The number of rotatable bonds is 15. The first-order valence-electron chi connectivity index (χ1n) is 14.8. The van der Waals surface area contributed by atoms with Crippen LogP contribution in [0.25, 0.3) is 0 Å². The zero-order valence-corrected chi connectivity index (χ0v) is 26.1. The van der Waals surface area contributed by atoms with Crippen LogP contribution in [0.4, 0.5) is 9.59 Å². The number of nitrogens with one attached hydrogen (secondary N) is 4. The van der Waals surface area contributed by atoms with Gasteiger partial charge in [-0.25, -0.2) is 14.6 Å². The lowest BCUT2D eigenvalue weighted by Gasteiger charge is -2.33. The molecule has 2 rings (SSSR count). The maximum absolute atomic E-state index is 13.3. The molecule has 1 aromatic rings. The van der Waals surface area contributed by atoms with E-state index < -0.39 is 48.2 Å². The van der Waals surface area contributed by atoms with Crippen molar-refractivity contribution < 1.29 is 38.5 Å². The lowest BCUT2D eigenvalue weighted by molar-refractivity contribution is -0.129. The van der Waals surface area contributed by atoms with Crippen LogP contribution in [0.3, 0.4) is 0 Å². The molecule has 0 saturated carbocycles. The molecule has 1 saturated heterocycles. The molecule has 0 radical (unpaired) electrons. The Kier molecular flexibility index (Phi) is 15.2. The molecule has 0 aromatic heterocycles. The van der Waals surface area contributed by atoms with Gasteiger partial charge in [0.05, 0.1) is 26.4 Å². The highest BCUT2D eigenvalue weighted by Crippen LogP contribution is 2.22. The third kappa shape index (κ3) is 12.0. The first kappa shape index (κ1) is 35.8. The van der Waals surface area contributed by atoms with E-state index in [4.69, 9.17) is 9.47 Å². The molecule has 4 atom stereocenters. The molecule has 242 valence electrons. The molecule has 5 N–H and O–H groups in total. The summed E-state index contributed by atoms with van der Waals surface area (Å²) in [5, 5.41) is 21.2. The first-order chi connectivity index (χ1) is 20.5. The van der Waals surface area contributed by atoms with Crippen molar-refractivity contribution in [1.82, 2.24) is 26.4 Å². The Hall–Kier alpha value is -3.42. The zero-order valence-electron chi connectivity index (χ0n) is 26.1. The number of carbonyl (C=O) groups excluding carboxylic acids is 4. The van der Waals surface area contributed by atoms with Gasteiger partial charge in [0.25, 0.3) is 5.91 Å². The van der Waals surface area contributed by atoms with Gasteiger partial charge in [0, 0.05) is 26.3 Å². The maximum atomic E-state index is 13.3. The molecule has 1 aromatic carbocycles. The lowest BCUT2D eigenvalue weighted by Crippen LogP contribution is -2.56. The largest absolute Gasteiger partial charge is 0.453 e. The van der Waals surface area contributed by atoms with Crippen molar-refractivity contribution in [3.8, 4) is 0 Å². The second-order valence-electron chi connectivity index (χ2n) is 11.4. The van der Waals surface area contributed by atoms with Crippen LogP contribution in [0.2, 0.25) is 0 Å². The minimum absolute atomic E-state index is 0.191. The monoisotopic (exact) mass is 607 g/mol. The van der Waals surface area contributed by atoms with Crippen molar-refractivity contribution in [3.05, 3.63) is 35.9 Å². The first-order valence-corrected chi connectivity index (χ1v) is 14.8. The molecule has 13 heteroatoms. The van der Waals surface area contributed by atoms with E-state index in [0.29, 0.717) is 25.3 Å². The lowest BCUT2D eigenvalue weighted by atomic mass is 9.96. The molecule has 0 aliphatic carbocycles. The Morgan fingerprint density at radius 2 is 1.42 bits per heavy atom. The molecule has 4 unspecified atom stereocenters. The Bertz CT molecular complexity index is 1020. The van der Waals surface area contributed by atoms with Crippen molar-refractivity contribution >= 4 is 24.0 Å². The van der Waals surface area contributed by atoms with Crippen molar-refractivity contribution in [3.63, 3.8) is 0 Å². The third-order valence-corrected chi connectivity index (χ3v) is 7.44. The highest BCUT2D eigenvalue weighted by atomic mass is 16.5. The molecule has 1 aliphatic rings. The SMILES string of the molecule is COC(=O)NC(C(=O)NC(c1ccccc1)C(O)CCN(CC1CCOCC1)NC(=O)C(NC(=O)OC)C(C)C)C(C)C. The summed E-state index contributed by atoms with van der Waals surface area (Å²) in [5.74, 6) is -1.05. The van der Waals surface area contributed by atoms with Gasteiger partial charge in [-0.05, 0) is 42.6 Å². The van der Waals surface area contributed by atoms with Crippen LogP contribution < -0.4 is 21.4 Å². The minimum atomic E-state index is -1.04. The smallest absolute Gasteiger partial charge is 0.407 e. The average Bonchev–Trinajstić information content (AvgIpc) is 2.99. The molecule has 0 spiro atoms. The fraction of sp³-hybridized carbons (Fsp3) is 0.667. The molecule has 0 bridgehead atoms. The van der Waals surface area contributed by atoms with E-state index in [-0.39, 0.29) is 30.7 Å². The second-order valence-corrected chi connectivity index (χ2v) is 11.4. The van der Waals surface area contributed by atoms with Crippen molar-refractivity contribution in [2.75, 3.05) is 40.5 Å². The average molecular weight is 608 g/mol. The zero-order chi connectivity index (χ0) is 31.9.